The standard InChI is InChI=1S/C16H23NO3/c1-11-14(18)8-5-9-15(11)20-10-12-6-3-4-7-13(12)16(19)17-2/h5,8-9,12-13,18H,3-4,6-7,10H2,1-2H3,(H,17,19). The van der Waals surface area contributed by atoms with Gasteiger partial charge in [-0.2, -0.15) is 0 Å². The fourth-order valence-electron chi connectivity index (χ4n) is 2.89. The number of hydrogen-bond acceptors (Lipinski definition) is 3. The van der Waals surface area contributed by atoms with Crippen LogP contribution in [0.5, 0.6) is 11.5 Å². The third-order valence-corrected chi connectivity index (χ3v) is 4.20. The van der Waals surface area contributed by atoms with Crippen molar-refractivity contribution >= 4 is 5.91 Å². The second kappa shape index (κ2) is 6.64. The molecule has 2 unspecified atom stereocenters. The number of ether oxygens (including phenoxy) is 1. The molecule has 2 atom stereocenters. The molecule has 1 saturated carbocycles. The first-order valence-electron chi connectivity index (χ1n) is 7.26. The van der Waals surface area contributed by atoms with Crippen molar-refractivity contribution in [2.24, 2.45) is 11.8 Å². The van der Waals surface area contributed by atoms with Crippen LogP contribution in [0.15, 0.2) is 18.2 Å². The van der Waals surface area contributed by atoms with Gasteiger partial charge in [-0.15, -0.1) is 0 Å². The summed E-state index contributed by atoms with van der Waals surface area (Å²) in [5, 5.41) is 12.4. The highest BCUT2D eigenvalue weighted by molar-refractivity contribution is 5.78. The predicted octanol–water partition coefficient (Wildman–Crippen LogP) is 2.63. The number of hydrogen-bond donors (Lipinski definition) is 2. The molecule has 1 aliphatic rings. The summed E-state index contributed by atoms with van der Waals surface area (Å²) in [7, 11) is 1.69. The highest BCUT2D eigenvalue weighted by Gasteiger charge is 2.30. The van der Waals surface area contributed by atoms with E-state index in [4.69, 9.17) is 4.74 Å². The molecular weight excluding hydrogens is 254 g/mol. The minimum Gasteiger partial charge on any atom is -0.508 e. The van der Waals surface area contributed by atoms with Crippen LogP contribution in [-0.4, -0.2) is 24.7 Å². The second-order valence-electron chi connectivity index (χ2n) is 5.48. The summed E-state index contributed by atoms with van der Waals surface area (Å²) in [6.45, 7) is 2.37. The first-order valence-corrected chi connectivity index (χ1v) is 7.26. The summed E-state index contributed by atoms with van der Waals surface area (Å²) in [5.74, 6) is 1.36. The molecule has 0 aromatic heterocycles. The van der Waals surface area contributed by atoms with Crippen molar-refractivity contribution in [1.82, 2.24) is 5.32 Å². The Kier molecular flexibility index (Phi) is 4.88. The van der Waals surface area contributed by atoms with Gasteiger partial charge in [-0.25, -0.2) is 0 Å². The molecule has 4 heteroatoms. The van der Waals surface area contributed by atoms with Gasteiger partial charge < -0.3 is 15.2 Å². The van der Waals surface area contributed by atoms with Gasteiger partial charge in [-0.3, -0.25) is 4.79 Å². The topological polar surface area (TPSA) is 58.6 Å². The van der Waals surface area contributed by atoms with Crippen molar-refractivity contribution in [3.63, 3.8) is 0 Å². The van der Waals surface area contributed by atoms with Gasteiger partial charge in [-0.05, 0) is 31.9 Å². The minimum absolute atomic E-state index is 0.0476. The molecule has 1 aliphatic carbocycles. The summed E-state index contributed by atoms with van der Waals surface area (Å²) < 4.78 is 5.84. The van der Waals surface area contributed by atoms with E-state index in [1.54, 1.807) is 19.2 Å². The molecular formula is C16H23NO3. The fourth-order valence-corrected chi connectivity index (χ4v) is 2.89. The lowest BCUT2D eigenvalue weighted by Gasteiger charge is -2.30. The van der Waals surface area contributed by atoms with E-state index in [9.17, 15) is 9.90 Å². The molecule has 0 saturated heterocycles. The van der Waals surface area contributed by atoms with Crippen molar-refractivity contribution in [3.8, 4) is 11.5 Å². The lowest BCUT2D eigenvalue weighted by Crippen LogP contribution is -2.37. The number of nitrogens with one attached hydrogen (secondary N) is 1. The molecule has 0 spiro atoms. The van der Waals surface area contributed by atoms with Crippen molar-refractivity contribution < 1.29 is 14.6 Å². The quantitative estimate of drug-likeness (QED) is 0.889. The smallest absolute Gasteiger partial charge is 0.223 e. The van der Waals surface area contributed by atoms with Crippen LogP contribution in [-0.2, 0) is 4.79 Å². The highest BCUT2D eigenvalue weighted by atomic mass is 16.5. The molecule has 110 valence electrons. The second-order valence-corrected chi connectivity index (χ2v) is 5.48. The first-order chi connectivity index (χ1) is 9.63. The number of amides is 1. The monoisotopic (exact) mass is 277 g/mol. The van der Waals surface area contributed by atoms with Gasteiger partial charge in [0.1, 0.15) is 11.5 Å². The molecule has 1 fully saturated rings. The van der Waals surface area contributed by atoms with Crippen molar-refractivity contribution in [1.29, 1.82) is 0 Å². The number of carbonyl (C=O) groups is 1. The minimum atomic E-state index is 0.0476. The molecule has 1 amide bonds. The molecule has 0 aliphatic heterocycles. The Hall–Kier alpha value is -1.71. The van der Waals surface area contributed by atoms with Crippen molar-refractivity contribution in [3.05, 3.63) is 23.8 Å². The number of phenols is 1. The molecule has 4 nitrogen and oxygen atoms in total. The van der Waals surface area contributed by atoms with Crippen LogP contribution >= 0.6 is 0 Å². The predicted molar refractivity (Wildman–Crippen MR) is 77.9 cm³/mol. The Morgan fingerprint density at radius 2 is 2.15 bits per heavy atom. The van der Waals surface area contributed by atoms with Crippen LogP contribution in [0.3, 0.4) is 0 Å². The summed E-state index contributed by atoms with van der Waals surface area (Å²) in [6, 6.07) is 5.28. The molecule has 0 bridgehead atoms. The third kappa shape index (κ3) is 3.24. The normalized spacial score (nSPS) is 22.3. The van der Waals surface area contributed by atoms with Gasteiger partial charge in [0.2, 0.25) is 5.91 Å². The van der Waals surface area contributed by atoms with E-state index in [1.807, 2.05) is 13.0 Å². The summed E-state index contributed by atoms with van der Waals surface area (Å²) in [4.78, 5) is 11.9. The number of rotatable bonds is 4. The lowest BCUT2D eigenvalue weighted by atomic mass is 9.79. The highest BCUT2D eigenvalue weighted by Crippen LogP contribution is 2.32. The summed E-state index contributed by atoms with van der Waals surface area (Å²) >= 11 is 0. The number of carbonyl (C=O) groups excluding carboxylic acids is 1. The average molecular weight is 277 g/mol. The molecule has 0 radical (unpaired) electrons. The van der Waals surface area contributed by atoms with Gasteiger partial charge in [0.25, 0.3) is 0 Å². The van der Waals surface area contributed by atoms with E-state index in [2.05, 4.69) is 5.32 Å². The first kappa shape index (κ1) is 14.7. The van der Waals surface area contributed by atoms with Gasteiger partial charge in [0, 0.05) is 24.4 Å². The van der Waals surface area contributed by atoms with Gasteiger partial charge in [-0.1, -0.05) is 18.9 Å². The molecule has 0 heterocycles. The largest absolute Gasteiger partial charge is 0.508 e. The zero-order valence-corrected chi connectivity index (χ0v) is 12.2. The molecule has 2 rings (SSSR count). The average Bonchev–Trinajstić information content (AvgIpc) is 2.48. The Balaban J connectivity index is 2.01. The number of phenolic OH excluding ortho intramolecular Hbond substituents is 1. The maximum Gasteiger partial charge on any atom is 0.223 e. The molecule has 1 aromatic carbocycles. The fraction of sp³-hybridized carbons (Fsp3) is 0.562. The summed E-state index contributed by atoms with van der Waals surface area (Å²) in [5.41, 5.74) is 0.750. The maximum atomic E-state index is 11.9. The number of benzene rings is 1. The van der Waals surface area contributed by atoms with Crippen LogP contribution in [0, 0.1) is 18.8 Å². The summed E-state index contributed by atoms with van der Waals surface area (Å²) in [6.07, 6.45) is 4.23. The number of aromatic hydroxyl groups is 1. The maximum absolute atomic E-state index is 11.9. The Bertz CT molecular complexity index is 473. The molecule has 2 N–H and O–H groups in total. The Morgan fingerprint density at radius 1 is 1.40 bits per heavy atom. The lowest BCUT2D eigenvalue weighted by molar-refractivity contribution is -0.127. The zero-order chi connectivity index (χ0) is 14.5. The van der Waals surface area contributed by atoms with Crippen LogP contribution in [0.4, 0.5) is 0 Å². The van der Waals surface area contributed by atoms with E-state index >= 15 is 0 Å². The van der Waals surface area contributed by atoms with E-state index in [0.717, 1.165) is 31.2 Å². The van der Waals surface area contributed by atoms with Crippen LogP contribution in [0.25, 0.3) is 0 Å². The third-order valence-electron chi connectivity index (χ3n) is 4.20. The van der Waals surface area contributed by atoms with Crippen LogP contribution < -0.4 is 10.1 Å². The van der Waals surface area contributed by atoms with E-state index in [1.165, 1.54) is 0 Å². The SMILES string of the molecule is CNC(=O)C1CCCCC1COc1cccc(O)c1C. The van der Waals surface area contributed by atoms with Crippen LogP contribution in [0.2, 0.25) is 0 Å². The van der Waals surface area contributed by atoms with Gasteiger partial charge >= 0.3 is 0 Å². The van der Waals surface area contributed by atoms with Crippen molar-refractivity contribution in [2.75, 3.05) is 13.7 Å². The Labute approximate surface area is 120 Å². The van der Waals surface area contributed by atoms with Crippen molar-refractivity contribution in [2.45, 2.75) is 32.6 Å². The molecule has 20 heavy (non-hydrogen) atoms. The van der Waals surface area contributed by atoms with Crippen LogP contribution in [0.1, 0.15) is 31.2 Å². The van der Waals surface area contributed by atoms with Gasteiger partial charge in [0.05, 0.1) is 6.61 Å². The van der Waals surface area contributed by atoms with E-state index < -0.39 is 0 Å². The van der Waals surface area contributed by atoms with E-state index in [-0.39, 0.29) is 23.5 Å². The molecule has 1 aromatic rings. The van der Waals surface area contributed by atoms with E-state index in [0.29, 0.717) is 12.4 Å². The Morgan fingerprint density at radius 3 is 2.90 bits per heavy atom. The van der Waals surface area contributed by atoms with Gasteiger partial charge in [0.15, 0.2) is 0 Å². The zero-order valence-electron chi connectivity index (χ0n) is 12.2.